The van der Waals surface area contributed by atoms with Crippen LogP contribution < -0.4 is 10.6 Å². The van der Waals surface area contributed by atoms with Crippen molar-refractivity contribution in [3.8, 4) is 0 Å². The summed E-state index contributed by atoms with van der Waals surface area (Å²) in [6.07, 6.45) is 0. The molecule has 1 unspecified atom stereocenters. The van der Waals surface area contributed by atoms with Crippen LogP contribution in [0.4, 0.5) is 5.69 Å². The third kappa shape index (κ3) is 4.08. The fourth-order valence-electron chi connectivity index (χ4n) is 2.27. The molecule has 22 heavy (non-hydrogen) atoms. The zero-order chi connectivity index (χ0) is 16.3. The first-order chi connectivity index (χ1) is 10.3. The lowest BCUT2D eigenvalue weighted by atomic mass is 9.88. The molecule has 122 valence electrons. The summed E-state index contributed by atoms with van der Waals surface area (Å²) in [5.74, 6) is 0.306. The average Bonchev–Trinajstić information content (AvgIpc) is 2.36. The highest BCUT2D eigenvalue weighted by Crippen LogP contribution is 2.20. The van der Waals surface area contributed by atoms with E-state index in [2.05, 4.69) is 10.6 Å². The van der Waals surface area contributed by atoms with Gasteiger partial charge in [-0.05, 0) is 50.6 Å². The maximum absolute atomic E-state index is 12.2. The Morgan fingerprint density at radius 1 is 1.32 bits per heavy atom. The quantitative estimate of drug-likeness (QED) is 0.837. The number of benzene rings is 1. The molecule has 6 heteroatoms. The van der Waals surface area contributed by atoms with Crippen LogP contribution in [0, 0.1) is 11.8 Å². The number of nitrogens with one attached hydrogen (secondary N) is 2. The Bertz CT molecular complexity index is 637. The van der Waals surface area contributed by atoms with E-state index in [0.717, 1.165) is 13.1 Å². The van der Waals surface area contributed by atoms with Crippen LogP contribution in [0.1, 0.15) is 26.3 Å². The van der Waals surface area contributed by atoms with Crippen LogP contribution in [0.5, 0.6) is 0 Å². The van der Waals surface area contributed by atoms with Crippen molar-refractivity contribution in [2.45, 2.75) is 31.8 Å². The van der Waals surface area contributed by atoms with Crippen LogP contribution in [-0.4, -0.2) is 32.7 Å². The van der Waals surface area contributed by atoms with Gasteiger partial charge in [-0.2, -0.15) is 0 Å². The zero-order valence-corrected chi connectivity index (χ0v) is 14.1. The van der Waals surface area contributed by atoms with Crippen molar-refractivity contribution < 1.29 is 13.2 Å². The van der Waals surface area contributed by atoms with Crippen molar-refractivity contribution in [2.24, 2.45) is 11.8 Å². The monoisotopic (exact) mass is 324 g/mol. The Kier molecular flexibility index (Phi) is 5.24. The summed E-state index contributed by atoms with van der Waals surface area (Å²) in [4.78, 5) is 12.2. The molecule has 0 aromatic heterocycles. The first-order valence-electron chi connectivity index (χ1n) is 7.61. The lowest BCUT2D eigenvalue weighted by Gasteiger charge is -2.31. The van der Waals surface area contributed by atoms with Crippen LogP contribution >= 0.6 is 0 Å². The number of sulfone groups is 1. The average molecular weight is 324 g/mol. The number of hydrogen-bond acceptors (Lipinski definition) is 4. The fraction of sp³-hybridized carbons (Fsp3) is 0.562. The lowest BCUT2D eigenvalue weighted by molar-refractivity contribution is -0.121. The highest BCUT2D eigenvalue weighted by atomic mass is 32.2. The number of carbonyl (C=O) groups is 1. The van der Waals surface area contributed by atoms with E-state index >= 15 is 0 Å². The van der Waals surface area contributed by atoms with Crippen molar-refractivity contribution in [2.75, 3.05) is 18.4 Å². The maximum atomic E-state index is 12.2. The molecule has 1 saturated heterocycles. The molecule has 1 aliphatic heterocycles. The van der Waals surface area contributed by atoms with Crippen LogP contribution in [-0.2, 0) is 20.4 Å². The molecule has 0 bridgehead atoms. The summed E-state index contributed by atoms with van der Waals surface area (Å²) in [6.45, 7) is 7.03. The maximum Gasteiger partial charge on any atom is 0.227 e. The standard InChI is InChI=1S/C16H24N2O3S/c1-11(2)22(20,21)10-13-5-4-6-15(7-13)18-16(19)12(3)14-8-17-9-14/h4-7,11-12,14,17H,8-10H2,1-3H3,(H,18,19). The largest absolute Gasteiger partial charge is 0.326 e. The van der Waals surface area contributed by atoms with Gasteiger partial charge in [-0.25, -0.2) is 8.42 Å². The van der Waals surface area contributed by atoms with Gasteiger partial charge in [-0.15, -0.1) is 0 Å². The molecule has 1 atom stereocenters. The van der Waals surface area contributed by atoms with Crippen molar-refractivity contribution >= 4 is 21.4 Å². The first-order valence-corrected chi connectivity index (χ1v) is 9.33. The summed E-state index contributed by atoms with van der Waals surface area (Å²) in [6, 6.07) is 7.07. The Balaban J connectivity index is 2.03. The molecule has 1 fully saturated rings. The normalized spacial score (nSPS) is 17.1. The van der Waals surface area contributed by atoms with Crippen molar-refractivity contribution in [1.82, 2.24) is 5.32 Å². The minimum atomic E-state index is -3.14. The van der Waals surface area contributed by atoms with Gasteiger partial charge in [0.2, 0.25) is 5.91 Å². The zero-order valence-electron chi connectivity index (χ0n) is 13.3. The Morgan fingerprint density at radius 2 is 2.00 bits per heavy atom. The van der Waals surface area contributed by atoms with Crippen molar-refractivity contribution in [3.05, 3.63) is 29.8 Å². The minimum Gasteiger partial charge on any atom is -0.326 e. The second-order valence-electron chi connectivity index (χ2n) is 6.25. The molecule has 1 heterocycles. The highest BCUT2D eigenvalue weighted by molar-refractivity contribution is 7.91. The van der Waals surface area contributed by atoms with Gasteiger partial charge in [0.1, 0.15) is 0 Å². The molecular formula is C16H24N2O3S. The predicted octanol–water partition coefficient (Wildman–Crippen LogP) is 1.80. The van der Waals surface area contributed by atoms with Crippen molar-refractivity contribution in [3.63, 3.8) is 0 Å². The summed E-state index contributed by atoms with van der Waals surface area (Å²) < 4.78 is 24.0. The SMILES string of the molecule is CC(C(=O)Nc1cccc(CS(=O)(=O)C(C)C)c1)C1CNC1. The van der Waals surface area contributed by atoms with Gasteiger partial charge in [-0.3, -0.25) is 4.79 Å². The third-order valence-electron chi connectivity index (χ3n) is 4.21. The molecule has 0 aliphatic carbocycles. The van der Waals surface area contributed by atoms with Gasteiger partial charge in [0.25, 0.3) is 0 Å². The number of anilines is 1. The van der Waals surface area contributed by atoms with E-state index in [-0.39, 0.29) is 17.6 Å². The lowest BCUT2D eigenvalue weighted by Crippen LogP contribution is -2.48. The fourth-order valence-corrected chi connectivity index (χ4v) is 3.25. The minimum absolute atomic E-state index is 0.00350. The van der Waals surface area contributed by atoms with E-state index in [1.807, 2.05) is 6.92 Å². The molecule has 0 saturated carbocycles. The van der Waals surface area contributed by atoms with Gasteiger partial charge in [0.05, 0.1) is 11.0 Å². The predicted molar refractivity (Wildman–Crippen MR) is 88.4 cm³/mol. The summed E-state index contributed by atoms with van der Waals surface area (Å²) in [5, 5.41) is 5.64. The molecular weight excluding hydrogens is 300 g/mol. The summed E-state index contributed by atoms with van der Waals surface area (Å²) in [7, 11) is -3.14. The van der Waals surface area contributed by atoms with E-state index in [4.69, 9.17) is 0 Å². The van der Waals surface area contributed by atoms with Crippen LogP contribution in [0.3, 0.4) is 0 Å². The number of hydrogen-bond donors (Lipinski definition) is 2. The van der Waals surface area contributed by atoms with E-state index < -0.39 is 15.1 Å². The Hall–Kier alpha value is -1.40. The van der Waals surface area contributed by atoms with Gasteiger partial charge < -0.3 is 10.6 Å². The molecule has 0 radical (unpaired) electrons. The van der Waals surface area contributed by atoms with E-state index in [9.17, 15) is 13.2 Å². The van der Waals surface area contributed by atoms with Crippen molar-refractivity contribution in [1.29, 1.82) is 0 Å². The number of rotatable bonds is 6. The number of amides is 1. The second-order valence-corrected chi connectivity index (χ2v) is 8.81. The van der Waals surface area contributed by atoms with Crippen LogP contribution in [0.2, 0.25) is 0 Å². The van der Waals surface area contributed by atoms with E-state index in [0.29, 0.717) is 17.2 Å². The number of carbonyl (C=O) groups excluding carboxylic acids is 1. The Labute approximate surface area is 132 Å². The molecule has 1 aromatic carbocycles. The van der Waals surface area contributed by atoms with E-state index in [1.165, 1.54) is 0 Å². The first kappa shape index (κ1) is 17.0. The molecule has 1 aliphatic rings. The Morgan fingerprint density at radius 3 is 2.55 bits per heavy atom. The highest BCUT2D eigenvalue weighted by Gasteiger charge is 2.28. The molecule has 1 aromatic rings. The van der Waals surface area contributed by atoms with Crippen LogP contribution in [0.15, 0.2) is 24.3 Å². The molecule has 2 rings (SSSR count). The van der Waals surface area contributed by atoms with Gasteiger partial charge in [-0.1, -0.05) is 19.1 Å². The third-order valence-corrected chi connectivity index (χ3v) is 6.39. The molecule has 1 amide bonds. The van der Waals surface area contributed by atoms with Gasteiger partial charge in [0, 0.05) is 11.6 Å². The summed E-state index contributed by atoms with van der Waals surface area (Å²) >= 11 is 0. The summed E-state index contributed by atoms with van der Waals surface area (Å²) in [5.41, 5.74) is 1.35. The van der Waals surface area contributed by atoms with Crippen LogP contribution in [0.25, 0.3) is 0 Å². The molecule has 0 spiro atoms. The topological polar surface area (TPSA) is 75.3 Å². The second kappa shape index (κ2) is 6.79. The smallest absolute Gasteiger partial charge is 0.227 e. The molecule has 2 N–H and O–H groups in total. The van der Waals surface area contributed by atoms with E-state index in [1.54, 1.807) is 38.1 Å². The van der Waals surface area contributed by atoms with Gasteiger partial charge in [0.15, 0.2) is 9.84 Å². The molecule has 5 nitrogen and oxygen atoms in total. The van der Waals surface area contributed by atoms with Gasteiger partial charge >= 0.3 is 0 Å².